The minimum atomic E-state index is -0.604. The number of fused-ring (bicyclic) bond motifs is 1. The molecule has 30 heavy (non-hydrogen) atoms. The third-order valence-electron chi connectivity index (χ3n) is 4.85. The molecule has 1 N–H and O–H groups in total. The number of pyridine rings is 1. The van der Waals surface area contributed by atoms with E-state index in [1.54, 1.807) is 35.1 Å². The van der Waals surface area contributed by atoms with Crippen LogP contribution in [0.2, 0.25) is 10.0 Å². The van der Waals surface area contributed by atoms with E-state index in [9.17, 15) is 9.59 Å². The number of benzene rings is 1. The van der Waals surface area contributed by atoms with Crippen molar-refractivity contribution in [3.63, 3.8) is 0 Å². The zero-order chi connectivity index (χ0) is 21.4. The van der Waals surface area contributed by atoms with Gasteiger partial charge in [-0.3, -0.25) is 4.79 Å². The standard InChI is InChI=1S/C21H20Cl2N4O3/c1-11(2)27-20-14(9-24-27)13(8-17(25-20)12-6-7-12)21(29)30-10-18(28)26-19-15(22)4-3-5-16(19)23/h3-5,8-9,11-12H,6-7,10H2,1-2H3,(H,26,28). The van der Waals surface area contributed by atoms with Crippen LogP contribution in [0, 0.1) is 0 Å². The minimum absolute atomic E-state index is 0.0967. The van der Waals surface area contributed by atoms with E-state index in [4.69, 9.17) is 32.9 Å². The fourth-order valence-corrected chi connectivity index (χ4v) is 3.67. The molecule has 2 heterocycles. The van der Waals surface area contributed by atoms with Gasteiger partial charge in [-0.15, -0.1) is 0 Å². The smallest absolute Gasteiger partial charge is 0.339 e. The molecular weight excluding hydrogens is 427 g/mol. The number of anilines is 1. The van der Waals surface area contributed by atoms with E-state index in [0.29, 0.717) is 32.6 Å². The van der Waals surface area contributed by atoms with Crippen molar-refractivity contribution in [3.8, 4) is 0 Å². The molecule has 0 radical (unpaired) electrons. The van der Waals surface area contributed by atoms with E-state index in [1.165, 1.54) is 0 Å². The van der Waals surface area contributed by atoms with Crippen molar-refractivity contribution in [1.82, 2.24) is 14.8 Å². The van der Waals surface area contributed by atoms with Gasteiger partial charge in [-0.1, -0.05) is 29.3 Å². The van der Waals surface area contributed by atoms with Crippen LogP contribution in [0.15, 0.2) is 30.5 Å². The summed E-state index contributed by atoms with van der Waals surface area (Å²) in [5.74, 6) is -0.793. The Morgan fingerprint density at radius 1 is 1.27 bits per heavy atom. The fourth-order valence-electron chi connectivity index (χ4n) is 3.17. The molecule has 1 aliphatic carbocycles. The number of hydrogen-bond acceptors (Lipinski definition) is 5. The van der Waals surface area contributed by atoms with Gasteiger partial charge < -0.3 is 10.1 Å². The number of aromatic nitrogens is 3. The molecular formula is C21H20Cl2N4O3. The Kier molecular flexibility index (Phi) is 5.66. The van der Waals surface area contributed by atoms with Crippen molar-refractivity contribution in [2.45, 2.75) is 38.6 Å². The molecule has 1 aromatic carbocycles. The Bertz CT molecular complexity index is 1120. The first-order chi connectivity index (χ1) is 14.3. The van der Waals surface area contributed by atoms with Crippen molar-refractivity contribution in [3.05, 3.63) is 51.8 Å². The monoisotopic (exact) mass is 446 g/mol. The van der Waals surface area contributed by atoms with Crippen LogP contribution in [0.3, 0.4) is 0 Å². The van der Waals surface area contributed by atoms with Crippen molar-refractivity contribution < 1.29 is 14.3 Å². The number of amides is 1. The number of halogens is 2. The number of ether oxygens (including phenoxy) is 1. The normalized spacial score (nSPS) is 13.6. The number of hydrogen-bond donors (Lipinski definition) is 1. The molecule has 0 spiro atoms. The molecule has 1 aliphatic rings. The number of rotatable bonds is 6. The number of para-hydroxylation sites is 1. The lowest BCUT2D eigenvalue weighted by molar-refractivity contribution is -0.119. The summed E-state index contributed by atoms with van der Waals surface area (Å²) in [6, 6.07) is 6.73. The largest absolute Gasteiger partial charge is 0.452 e. The molecule has 0 bridgehead atoms. The van der Waals surface area contributed by atoms with Gasteiger partial charge in [0.15, 0.2) is 12.3 Å². The molecule has 0 aliphatic heterocycles. The Morgan fingerprint density at radius 2 is 1.97 bits per heavy atom. The van der Waals surface area contributed by atoms with Gasteiger partial charge >= 0.3 is 5.97 Å². The summed E-state index contributed by atoms with van der Waals surface area (Å²) in [7, 11) is 0. The van der Waals surface area contributed by atoms with Gasteiger partial charge in [0.25, 0.3) is 5.91 Å². The molecule has 9 heteroatoms. The molecule has 4 rings (SSSR count). The second kappa shape index (κ2) is 8.24. The highest BCUT2D eigenvalue weighted by molar-refractivity contribution is 6.39. The van der Waals surface area contributed by atoms with E-state index in [2.05, 4.69) is 10.4 Å². The summed E-state index contributed by atoms with van der Waals surface area (Å²) in [6.07, 6.45) is 3.70. The molecule has 1 amide bonds. The lowest BCUT2D eigenvalue weighted by atomic mass is 10.1. The molecule has 7 nitrogen and oxygen atoms in total. The summed E-state index contributed by atoms with van der Waals surface area (Å²) in [4.78, 5) is 29.8. The quantitative estimate of drug-likeness (QED) is 0.538. The second-order valence-electron chi connectivity index (χ2n) is 7.51. The van der Waals surface area contributed by atoms with Crippen LogP contribution in [0.5, 0.6) is 0 Å². The van der Waals surface area contributed by atoms with Crippen molar-refractivity contribution in [2.75, 3.05) is 11.9 Å². The van der Waals surface area contributed by atoms with Gasteiger partial charge in [0, 0.05) is 17.7 Å². The molecule has 0 atom stereocenters. The van der Waals surface area contributed by atoms with Crippen molar-refractivity contribution >= 4 is 51.8 Å². The van der Waals surface area contributed by atoms with Crippen molar-refractivity contribution in [2.24, 2.45) is 0 Å². The molecule has 2 aromatic heterocycles. The second-order valence-corrected chi connectivity index (χ2v) is 8.32. The van der Waals surface area contributed by atoms with Gasteiger partial charge in [0.1, 0.15) is 0 Å². The predicted octanol–water partition coefficient (Wildman–Crippen LogP) is 4.99. The van der Waals surface area contributed by atoms with E-state index < -0.39 is 18.5 Å². The minimum Gasteiger partial charge on any atom is -0.452 e. The number of carbonyl (C=O) groups excluding carboxylic acids is 2. The highest BCUT2D eigenvalue weighted by atomic mass is 35.5. The molecule has 156 valence electrons. The average molecular weight is 447 g/mol. The molecule has 3 aromatic rings. The number of carbonyl (C=O) groups is 2. The average Bonchev–Trinajstić information content (AvgIpc) is 3.47. The van der Waals surface area contributed by atoms with Crippen LogP contribution in [0.4, 0.5) is 5.69 Å². The van der Waals surface area contributed by atoms with Crippen molar-refractivity contribution in [1.29, 1.82) is 0 Å². The highest BCUT2D eigenvalue weighted by Crippen LogP contribution is 2.40. The van der Waals surface area contributed by atoms with E-state index in [-0.39, 0.29) is 11.7 Å². The zero-order valence-corrected chi connectivity index (χ0v) is 18.0. The third kappa shape index (κ3) is 4.13. The van der Waals surface area contributed by atoms with Crippen LogP contribution in [0.1, 0.15) is 54.7 Å². The van der Waals surface area contributed by atoms with Gasteiger partial charge in [0.05, 0.1) is 32.9 Å². The summed E-state index contributed by atoms with van der Waals surface area (Å²) in [5, 5.41) is 8.14. The van der Waals surface area contributed by atoms with Crippen LogP contribution in [-0.2, 0) is 9.53 Å². The summed E-state index contributed by atoms with van der Waals surface area (Å²) < 4.78 is 7.05. The lowest BCUT2D eigenvalue weighted by Crippen LogP contribution is -2.21. The van der Waals surface area contributed by atoms with Crippen LogP contribution < -0.4 is 5.32 Å². The fraction of sp³-hybridized carbons (Fsp3) is 0.333. The van der Waals surface area contributed by atoms with E-state index in [1.807, 2.05) is 13.8 Å². The highest BCUT2D eigenvalue weighted by Gasteiger charge is 2.28. The van der Waals surface area contributed by atoms with Crippen LogP contribution in [0.25, 0.3) is 11.0 Å². The molecule has 1 saturated carbocycles. The first-order valence-corrected chi connectivity index (χ1v) is 10.4. The predicted molar refractivity (Wildman–Crippen MR) is 115 cm³/mol. The SMILES string of the molecule is CC(C)n1ncc2c(C(=O)OCC(=O)Nc3c(Cl)cccc3Cl)cc(C3CC3)nc21. The van der Waals surface area contributed by atoms with E-state index in [0.717, 1.165) is 18.5 Å². The van der Waals surface area contributed by atoms with Gasteiger partial charge in [-0.05, 0) is 44.9 Å². The number of nitrogens with one attached hydrogen (secondary N) is 1. The number of nitrogens with zero attached hydrogens (tertiary/aromatic N) is 3. The Balaban J connectivity index is 1.54. The maximum absolute atomic E-state index is 12.8. The molecule has 1 fully saturated rings. The molecule has 0 unspecified atom stereocenters. The Hall–Kier alpha value is -2.64. The Labute approximate surface area is 183 Å². The maximum Gasteiger partial charge on any atom is 0.339 e. The van der Waals surface area contributed by atoms with Gasteiger partial charge in [0.2, 0.25) is 0 Å². The summed E-state index contributed by atoms with van der Waals surface area (Å²) in [5.41, 5.74) is 2.14. The van der Waals surface area contributed by atoms with E-state index >= 15 is 0 Å². The number of esters is 1. The van der Waals surface area contributed by atoms with Gasteiger partial charge in [-0.2, -0.15) is 5.10 Å². The summed E-state index contributed by atoms with van der Waals surface area (Å²) >= 11 is 12.1. The van der Waals surface area contributed by atoms with Crippen LogP contribution >= 0.6 is 23.2 Å². The maximum atomic E-state index is 12.8. The lowest BCUT2D eigenvalue weighted by Gasteiger charge is -2.11. The Morgan fingerprint density at radius 3 is 2.60 bits per heavy atom. The molecule has 0 saturated heterocycles. The third-order valence-corrected chi connectivity index (χ3v) is 5.48. The van der Waals surface area contributed by atoms with Gasteiger partial charge in [-0.25, -0.2) is 14.5 Å². The summed E-state index contributed by atoms with van der Waals surface area (Å²) in [6.45, 7) is 3.53. The topological polar surface area (TPSA) is 86.1 Å². The van der Waals surface area contributed by atoms with Crippen LogP contribution in [-0.4, -0.2) is 33.2 Å². The first-order valence-electron chi connectivity index (χ1n) is 9.64. The zero-order valence-electron chi connectivity index (χ0n) is 16.5. The first kappa shape index (κ1) is 20.6.